The molecular weight excluding hydrogens is 299 g/mol. The Morgan fingerprint density at radius 3 is 2.60 bits per heavy atom. The molecule has 2 heterocycles. The second-order valence-electron chi connectivity index (χ2n) is 4.88. The van der Waals surface area contributed by atoms with Crippen molar-refractivity contribution in [1.82, 2.24) is 20.4 Å². The third kappa shape index (κ3) is 4.58. The first-order valence-electron chi connectivity index (χ1n) is 6.86. The summed E-state index contributed by atoms with van der Waals surface area (Å²) in [5, 5.41) is 10.3. The fourth-order valence-corrected chi connectivity index (χ4v) is 2.62. The average Bonchev–Trinajstić information content (AvgIpc) is 2.70. The number of rotatable bonds is 4. The smallest absolute Gasteiger partial charge is 0.254 e. The highest BCUT2D eigenvalue weighted by atomic mass is 35.5. The molecule has 1 N–H and O–H groups in total. The summed E-state index contributed by atoms with van der Waals surface area (Å²) in [5.74, 6) is -0.262. The van der Waals surface area contributed by atoms with Crippen LogP contribution in [0.4, 0.5) is 0 Å². The molecule has 7 heteroatoms. The first-order chi connectivity index (χ1) is 9.66. The molecule has 0 unspecified atom stereocenters. The summed E-state index contributed by atoms with van der Waals surface area (Å²) >= 11 is 11.6. The van der Waals surface area contributed by atoms with Gasteiger partial charge in [0, 0.05) is 13.1 Å². The van der Waals surface area contributed by atoms with Crippen molar-refractivity contribution in [2.75, 3.05) is 26.2 Å². The van der Waals surface area contributed by atoms with Crippen LogP contribution in [0, 0.1) is 0 Å². The molecular formula is C13H18Cl2N4O. The summed E-state index contributed by atoms with van der Waals surface area (Å²) in [7, 11) is 0. The molecule has 1 aromatic heterocycles. The summed E-state index contributed by atoms with van der Waals surface area (Å²) in [6.07, 6.45) is 5.09. The van der Waals surface area contributed by atoms with Gasteiger partial charge in [-0.05, 0) is 32.0 Å². The minimum absolute atomic E-state index is 0.0710. The van der Waals surface area contributed by atoms with Crippen molar-refractivity contribution in [2.24, 2.45) is 0 Å². The lowest BCUT2D eigenvalue weighted by atomic mass is 10.2. The third-order valence-corrected chi connectivity index (χ3v) is 3.84. The normalized spacial score (nSPS) is 16.7. The van der Waals surface area contributed by atoms with Gasteiger partial charge in [0.25, 0.3) is 5.91 Å². The Balaban J connectivity index is 1.81. The summed E-state index contributed by atoms with van der Waals surface area (Å²) < 4.78 is 0. The molecule has 0 spiro atoms. The predicted molar refractivity (Wildman–Crippen MR) is 79.3 cm³/mol. The van der Waals surface area contributed by atoms with Crippen LogP contribution in [0.3, 0.4) is 0 Å². The highest BCUT2D eigenvalue weighted by Gasteiger charge is 2.14. The predicted octanol–water partition coefficient (Wildman–Crippen LogP) is 2.39. The minimum atomic E-state index is -0.262. The second-order valence-corrected chi connectivity index (χ2v) is 5.63. The van der Waals surface area contributed by atoms with E-state index in [-0.39, 0.29) is 21.8 Å². The molecule has 0 radical (unpaired) electrons. The van der Waals surface area contributed by atoms with Gasteiger partial charge in [-0.3, -0.25) is 4.79 Å². The number of hydrogen-bond donors (Lipinski definition) is 1. The molecule has 1 aliphatic heterocycles. The monoisotopic (exact) mass is 316 g/mol. The van der Waals surface area contributed by atoms with Gasteiger partial charge in [0.05, 0.1) is 5.56 Å². The quantitative estimate of drug-likeness (QED) is 0.926. The van der Waals surface area contributed by atoms with E-state index in [1.807, 2.05) is 0 Å². The zero-order valence-corrected chi connectivity index (χ0v) is 12.8. The number of amides is 1. The molecule has 0 atom stereocenters. The SMILES string of the molecule is O=C(NCCN1CCCCCC1)c1cc(Cl)nnc1Cl. The van der Waals surface area contributed by atoms with Crippen LogP contribution in [0.5, 0.6) is 0 Å². The maximum Gasteiger partial charge on any atom is 0.254 e. The molecule has 0 saturated carbocycles. The van der Waals surface area contributed by atoms with Gasteiger partial charge < -0.3 is 10.2 Å². The van der Waals surface area contributed by atoms with Crippen LogP contribution in [-0.2, 0) is 0 Å². The van der Waals surface area contributed by atoms with Crippen molar-refractivity contribution >= 4 is 29.1 Å². The van der Waals surface area contributed by atoms with E-state index in [1.165, 1.54) is 31.7 Å². The number of hydrogen-bond acceptors (Lipinski definition) is 4. The lowest BCUT2D eigenvalue weighted by molar-refractivity contribution is 0.0948. The molecule has 1 aliphatic rings. The fraction of sp³-hybridized carbons (Fsp3) is 0.615. The molecule has 1 fully saturated rings. The van der Waals surface area contributed by atoms with Gasteiger partial charge in [0.15, 0.2) is 10.3 Å². The molecule has 20 heavy (non-hydrogen) atoms. The van der Waals surface area contributed by atoms with Crippen molar-refractivity contribution in [3.63, 3.8) is 0 Å². The second kappa shape index (κ2) is 7.76. The summed E-state index contributed by atoms with van der Waals surface area (Å²) in [6.45, 7) is 3.67. The Hall–Kier alpha value is -0.910. The van der Waals surface area contributed by atoms with E-state index < -0.39 is 0 Å². The molecule has 0 bridgehead atoms. The van der Waals surface area contributed by atoms with Crippen LogP contribution >= 0.6 is 23.2 Å². The van der Waals surface area contributed by atoms with Crippen molar-refractivity contribution in [1.29, 1.82) is 0 Å². The van der Waals surface area contributed by atoms with Gasteiger partial charge in [-0.1, -0.05) is 36.0 Å². The van der Waals surface area contributed by atoms with E-state index in [0.717, 1.165) is 19.6 Å². The van der Waals surface area contributed by atoms with Gasteiger partial charge in [-0.15, -0.1) is 10.2 Å². The number of nitrogens with zero attached hydrogens (tertiary/aromatic N) is 3. The molecule has 2 rings (SSSR count). The van der Waals surface area contributed by atoms with Crippen LogP contribution in [0.1, 0.15) is 36.0 Å². The summed E-state index contributed by atoms with van der Waals surface area (Å²) in [5.41, 5.74) is 0.266. The third-order valence-electron chi connectivity index (χ3n) is 3.38. The standard InChI is InChI=1S/C13H18Cl2N4O/c14-11-9-10(12(15)18-17-11)13(20)16-5-8-19-6-3-1-2-4-7-19/h9H,1-8H2,(H,16,20). The Morgan fingerprint density at radius 2 is 1.90 bits per heavy atom. The van der Waals surface area contributed by atoms with E-state index in [1.54, 1.807) is 0 Å². The van der Waals surface area contributed by atoms with Crippen LogP contribution in [0.25, 0.3) is 0 Å². The number of carbonyl (C=O) groups is 1. The molecule has 1 amide bonds. The number of halogens is 2. The number of nitrogens with one attached hydrogen (secondary N) is 1. The zero-order valence-electron chi connectivity index (χ0n) is 11.2. The largest absolute Gasteiger partial charge is 0.351 e. The number of carbonyl (C=O) groups excluding carboxylic acids is 1. The van der Waals surface area contributed by atoms with E-state index >= 15 is 0 Å². The zero-order chi connectivity index (χ0) is 14.4. The van der Waals surface area contributed by atoms with E-state index in [0.29, 0.717) is 6.54 Å². The van der Waals surface area contributed by atoms with Crippen LogP contribution in [0.2, 0.25) is 10.3 Å². The van der Waals surface area contributed by atoms with Crippen LogP contribution < -0.4 is 5.32 Å². The highest BCUT2D eigenvalue weighted by Crippen LogP contribution is 2.15. The summed E-state index contributed by atoms with van der Waals surface area (Å²) in [6, 6.07) is 1.43. The van der Waals surface area contributed by atoms with Crippen LogP contribution in [0.15, 0.2) is 6.07 Å². The van der Waals surface area contributed by atoms with Gasteiger partial charge in [0.2, 0.25) is 0 Å². The maximum absolute atomic E-state index is 12.0. The molecule has 0 aliphatic carbocycles. The lowest BCUT2D eigenvalue weighted by Crippen LogP contribution is -2.35. The molecule has 110 valence electrons. The average molecular weight is 317 g/mol. The Kier molecular flexibility index (Phi) is 6.01. The van der Waals surface area contributed by atoms with Gasteiger partial charge in [-0.25, -0.2) is 0 Å². The van der Waals surface area contributed by atoms with E-state index in [2.05, 4.69) is 20.4 Å². The van der Waals surface area contributed by atoms with E-state index in [4.69, 9.17) is 23.2 Å². The first kappa shape index (κ1) is 15.5. The van der Waals surface area contributed by atoms with Gasteiger partial charge >= 0.3 is 0 Å². The lowest BCUT2D eigenvalue weighted by Gasteiger charge is -2.19. The van der Waals surface area contributed by atoms with Crippen LogP contribution in [-0.4, -0.2) is 47.2 Å². The first-order valence-corrected chi connectivity index (χ1v) is 7.61. The fourth-order valence-electron chi connectivity index (χ4n) is 2.29. The number of aromatic nitrogens is 2. The minimum Gasteiger partial charge on any atom is -0.351 e. The van der Waals surface area contributed by atoms with Crippen molar-refractivity contribution in [3.8, 4) is 0 Å². The molecule has 0 aromatic carbocycles. The van der Waals surface area contributed by atoms with Gasteiger partial charge in [-0.2, -0.15) is 0 Å². The van der Waals surface area contributed by atoms with Crippen molar-refractivity contribution in [2.45, 2.75) is 25.7 Å². The Labute approximate surface area is 128 Å². The van der Waals surface area contributed by atoms with Gasteiger partial charge in [0.1, 0.15) is 0 Å². The molecule has 1 aromatic rings. The highest BCUT2D eigenvalue weighted by molar-refractivity contribution is 6.34. The molecule has 1 saturated heterocycles. The number of likely N-dealkylation sites (tertiary alicyclic amines) is 1. The van der Waals surface area contributed by atoms with E-state index in [9.17, 15) is 4.79 Å². The topological polar surface area (TPSA) is 58.1 Å². The Morgan fingerprint density at radius 1 is 1.20 bits per heavy atom. The molecule has 5 nitrogen and oxygen atoms in total. The maximum atomic E-state index is 12.0. The summed E-state index contributed by atoms with van der Waals surface area (Å²) in [4.78, 5) is 14.4. The van der Waals surface area contributed by atoms with Crippen molar-refractivity contribution < 1.29 is 4.79 Å². The van der Waals surface area contributed by atoms with Crippen molar-refractivity contribution in [3.05, 3.63) is 21.9 Å². The Bertz CT molecular complexity index is 462.